The van der Waals surface area contributed by atoms with E-state index in [4.69, 9.17) is 4.42 Å². The number of carbonyl (C=O) groups excluding carboxylic acids is 1. The van der Waals surface area contributed by atoms with E-state index in [1.165, 1.54) is 6.21 Å². The van der Waals surface area contributed by atoms with Gasteiger partial charge < -0.3 is 9.52 Å². The number of aliphatic hydroxyl groups excluding tert-OH is 1. The van der Waals surface area contributed by atoms with Crippen LogP contribution >= 0.6 is 22.6 Å². The summed E-state index contributed by atoms with van der Waals surface area (Å²) in [6, 6.07) is 12.2. The fraction of sp³-hybridized carbons (Fsp3) is 0.0769. The van der Waals surface area contributed by atoms with Crippen molar-refractivity contribution in [3.63, 3.8) is 0 Å². The summed E-state index contributed by atoms with van der Waals surface area (Å²) < 4.78 is 5.97. The van der Waals surface area contributed by atoms with Gasteiger partial charge in [-0.1, -0.05) is 30.3 Å². The average Bonchev–Trinajstić information content (AvgIpc) is 2.84. The van der Waals surface area contributed by atoms with Crippen LogP contribution in [0.25, 0.3) is 0 Å². The Balaban J connectivity index is 1.93. The lowest BCUT2D eigenvalue weighted by Crippen LogP contribution is -2.25. The standard InChI is InChI=1S/C13H11IN2O3/c14-11-7-6-10(19-11)8-15-16-13(18)12(17)9-4-2-1-3-5-9/h1-8,12,17H,(H,16,18)/b15-8-/t12-/m1/s1. The Kier molecular flexibility index (Phi) is 4.69. The van der Waals surface area contributed by atoms with Gasteiger partial charge in [-0.25, -0.2) is 5.43 Å². The van der Waals surface area contributed by atoms with Crippen molar-refractivity contribution in [3.05, 3.63) is 57.6 Å². The summed E-state index contributed by atoms with van der Waals surface area (Å²) in [5.74, 6) is -0.0670. The van der Waals surface area contributed by atoms with Crippen LogP contribution in [0.1, 0.15) is 17.4 Å². The molecule has 1 atom stereocenters. The maximum atomic E-state index is 11.6. The molecule has 0 spiro atoms. The normalized spacial score (nSPS) is 12.5. The zero-order chi connectivity index (χ0) is 13.7. The fourth-order valence-electron chi connectivity index (χ4n) is 1.41. The van der Waals surface area contributed by atoms with E-state index in [9.17, 15) is 9.90 Å². The second-order valence-corrected chi connectivity index (χ2v) is 4.75. The molecule has 6 heteroatoms. The molecule has 2 aromatic rings. The van der Waals surface area contributed by atoms with E-state index in [0.29, 0.717) is 11.3 Å². The summed E-state index contributed by atoms with van der Waals surface area (Å²) in [6.45, 7) is 0. The molecule has 1 amide bonds. The van der Waals surface area contributed by atoms with Gasteiger partial charge in [0.05, 0.1) is 6.21 Å². The van der Waals surface area contributed by atoms with Gasteiger partial charge in [-0.05, 0) is 40.3 Å². The number of hydrogen-bond acceptors (Lipinski definition) is 4. The molecular formula is C13H11IN2O3. The number of furan rings is 1. The Morgan fingerprint density at radius 1 is 1.32 bits per heavy atom. The third kappa shape index (κ3) is 3.90. The molecule has 0 saturated carbocycles. The zero-order valence-corrected chi connectivity index (χ0v) is 11.9. The summed E-state index contributed by atoms with van der Waals surface area (Å²) >= 11 is 2.03. The van der Waals surface area contributed by atoms with Crippen LogP contribution in [0.4, 0.5) is 0 Å². The van der Waals surface area contributed by atoms with Crippen LogP contribution in [-0.2, 0) is 4.79 Å². The molecular weight excluding hydrogens is 359 g/mol. The highest BCUT2D eigenvalue weighted by molar-refractivity contribution is 14.1. The number of halogens is 1. The fourth-order valence-corrected chi connectivity index (χ4v) is 1.84. The van der Waals surface area contributed by atoms with Crippen molar-refractivity contribution in [1.29, 1.82) is 0 Å². The maximum absolute atomic E-state index is 11.6. The van der Waals surface area contributed by atoms with Gasteiger partial charge in [0.25, 0.3) is 5.91 Å². The van der Waals surface area contributed by atoms with E-state index < -0.39 is 12.0 Å². The Hall–Kier alpha value is -1.67. The molecule has 0 saturated heterocycles. The molecule has 1 heterocycles. The summed E-state index contributed by atoms with van der Waals surface area (Å²) in [7, 11) is 0. The van der Waals surface area contributed by atoms with Crippen LogP contribution < -0.4 is 5.43 Å². The molecule has 0 radical (unpaired) electrons. The van der Waals surface area contributed by atoms with Crippen molar-refractivity contribution in [3.8, 4) is 0 Å². The van der Waals surface area contributed by atoms with E-state index in [1.54, 1.807) is 36.4 Å². The van der Waals surface area contributed by atoms with Crippen LogP contribution in [0.2, 0.25) is 0 Å². The molecule has 0 aliphatic rings. The van der Waals surface area contributed by atoms with Gasteiger partial charge in [-0.3, -0.25) is 4.79 Å². The Bertz CT molecular complexity index is 581. The number of aliphatic hydroxyl groups is 1. The van der Waals surface area contributed by atoms with Crippen LogP contribution in [-0.4, -0.2) is 17.2 Å². The van der Waals surface area contributed by atoms with Crippen LogP contribution in [0.5, 0.6) is 0 Å². The second-order valence-electron chi connectivity index (χ2n) is 3.69. The Morgan fingerprint density at radius 3 is 2.68 bits per heavy atom. The molecule has 19 heavy (non-hydrogen) atoms. The third-order valence-corrected chi connectivity index (χ3v) is 2.90. The van der Waals surface area contributed by atoms with Gasteiger partial charge in [-0.15, -0.1) is 0 Å². The first-order valence-electron chi connectivity index (χ1n) is 5.48. The van der Waals surface area contributed by atoms with Crippen molar-refractivity contribution >= 4 is 34.7 Å². The molecule has 0 aliphatic carbocycles. The summed E-state index contributed by atoms with van der Waals surface area (Å²) in [5.41, 5.74) is 2.77. The number of hydrazone groups is 1. The highest BCUT2D eigenvalue weighted by Gasteiger charge is 2.15. The molecule has 0 unspecified atom stereocenters. The topological polar surface area (TPSA) is 74.8 Å². The minimum Gasteiger partial charge on any atom is -0.449 e. The lowest BCUT2D eigenvalue weighted by Gasteiger charge is -2.08. The largest absolute Gasteiger partial charge is 0.449 e. The lowest BCUT2D eigenvalue weighted by molar-refractivity contribution is -0.129. The van der Waals surface area contributed by atoms with Gasteiger partial charge in [0.2, 0.25) is 0 Å². The predicted molar refractivity (Wildman–Crippen MR) is 78.6 cm³/mol. The summed E-state index contributed by atoms with van der Waals surface area (Å²) in [5, 5.41) is 13.5. The number of nitrogens with zero attached hydrogens (tertiary/aromatic N) is 1. The predicted octanol–water partition coefficient (Wildman–Crippen LogP) is 2.07. The highest BCUT2D eigenvalue weighted by Crippen LogP contribution is 2.11. The molecule has 2 rings (SSSR count). The first-order chi connectivity index (χ1) is 9.16. The van der Waals surface area contributed by atoms with Gasteiger partial charge in [0.15, 0.2) is 9.87 Å². The number of rotatable bonds is 4. The van der Waals surface area contributed by atoms with Crippen molar-refractivity contribution < 1.29 is 14.3 Å². The molecule has 0 aliphatic heterocycles. The van der Waals surface area contributed by atoms with Gasteiger partial charge in [0.1, 0.15) is 5.76 Å². The molecule has 0 bridgehead atoms. The van der Waals surface area contributed by atoms with Crippen molar-refractivity contribution in [2.75, 3.05) is 0 Å². The summed E-state index contributed by atoms with van der Waals surface area (Å²) in [4.78, 5) is 11.6. The number of carbonyl (C=O) groups is 1. The highest BCUT2D eigenvalue weighted by atomic mass is 127. The lowest BCUT2D eigenvalue weighted by atomic mass is 10.1. The number of benzene rings is 1. The summed E-state index contributed by atoms with van der Waals surface area (Å²) in [6.07, 6.45) is 0.132. The van der Waals surface area contributed by atoms with Gasteiger partial charge in [-0.2, -0.15) is 5.10 Å². The molecule has 0 fully saturated rings. The number of amides is 1. The molecule has 5 nitrogen and oxygen atoms in total. The first kappa shape index (κ1) is 13.8. The minimum atomic E-state index is -1.24. The third-order valence-electron chi connectivity index (χ3n) is 2.32. The zero-order valence-electron chi connectivity index (χ0n) is 9.79. The monoisotopic (exact) mass is 370 g/mol. The van der Waals surface area contributed by atoms with Gasteiger partial charge >= 0.3 is 0 Å². The molecule has 1 aromatic carbocycles. The molecule has 2 N–H and O–H groups in total. The van der Waals surface area contributed by atoms with E-state index in [-0.39, 0.29) is 0 Å². The smallest absolute Gasteiger partial charge is 0.273 e. The quantitative estimate of drug-likeness (QED) is 0.492. The Morgan fingerprint density at radius 2 is 2.05 bits per heavy atom. The van der Waals surface area contributed by atoms with Crippen molar-refractivity contribution in [2.45, 2.75) is 6.10 Å². The van der Waals surface area contributed by atoms with Gasteiger partial charge in [0, 0.05) is 0 Å². The number of nitrogens with one attached hydrogen (secondary N) is 1. The van der Waals surface area contributed by atoms with Crippen LogP contribution in [0.3, 0.4) is 0 Å². The maximum Gasteiger partial charge on any atom is 0.273 e. The first-order valence-corrected chi connectivity index (χ1v) is 6.56. The van der Waals surface area contributed by atoms with E-state index in [1.807, 2.05) is 28.7 Å². The number of hydrogen-bond donors (Lipinski definition) is 2. The average molecular weight is 370 g/mol. The molecule has 98 valence electrons. The van der Waals surface area contributed by atoms with E-state index >= 15 is 0 Å². The van der Waals surface area contributed by atoms with E-state index in [2.05, 4.69) is 10.5 Å². The van der Waals surface area contributed by atoms with Crippen molar-refractivity contribution in [1.82, 2.24) is 5.43 Å². The second kappa shape index (κ2) is 6.48. The van der Waals surface area contributed by atoms with Crippen molar-refractivity contribution in [2.24, 2.45) is 5.10 Å². The SMILES string of the molecule is O=C(N/N=C\c1ccc(I)o1)[C@H](O)c1ccccc1. The minimum absolute atomic E-state index is 0.516. The van der Waals surface area contributed by atoms with Crippen LogP contribution in [0.15, 0.2) is 52.0 Å². The molecule has 1 aromatic heterocycles. The van der Waals surface area contributed by atoms with Crippen LogP contribution in [0, 0.1) is 3.77 Å². The van der Waals surface area contributed by atoms with E-state index in [0.717, 1.165) is 3.77 Å². The Labute approximate surface area is 123 Å².